The van der Waals surface area contributed by atoms with Crippen LogP contribution >= 0.6 is 0 Å². The number of aryl methyl sites for hydroxylation is 1. The van der Waals surface area contributed by atoms with E-state index in [-0.39, 0.29) is 6.42 Å². The normalized spacial score (nSPS) is 29.0. The average Bonchev–Trinajstić information content (AvgIpc) is 3.05. The first-order valence-corrected chi connectivity index (χ1v) is 8.56. The minimum atomic E-state index is -1.58. The molecule has 1 fully saturated rings. The molecular weight excluding hydrogens is 342 g/mol. The first-order chi connectivity index (χ1) is 12.5. The van der Waals surface area contributed by atoms with Crippen LogP contribution in [0.5, 0.6) is 0 Å². The number of H-pyrrole nitrogens is 1. The molecule has 2 aromatic rings. The monoisotopic (exact) mass is 365 g/mol. The summed E-state index contributed by atoms with van der Waals surface area (Å²) in [6, 6.07) is 7.88. The average molecular weight is 365 g/mol. The van der Waals surface area contributed by atoms with Crippen LogP contribution in [-0.4, -0.2) is 68.7 Å². The third-order valence-corrected chi connectivity index (χ3v) is 4.60. The van der Waals surface area contributed by atoms with Crippen molar-refractivity contribution < 1.29 is 34.7 Å². The number of hydrogen-bond acceptors (Lipinski definition) is 7. The summed E-state index contributed by atoms with van der Waals surface area (Å²) in [7, 11) is 0. The van der Waals surface area contributed by atoms with E-state index in [1.807, 2.05) is 30.5 Å². The molecule has 5 N–H and O–H groups in total. The zero-order valence-corrected chi connectivity index (χ0v) is 14.1. The first-order valence-electron chi connectivity index (χ1n) is 8.56. The van der Waals surface area contributed by atoms with Gasteiger partial charge in [-0.1, -0.05) is 18.2 Å². The highest BCUT2D eigenvalue weighted by molar-refractivity contribution is 5.83. The lowest BCUT2D eigenvalue weighted by molar-refractivity contribution is -0.292. The molecule has 0 radical (unpaired) electrons. The predicted octanol–water partition coefficient (Wildman–Crippen LogP) is -0.166. The molecule has 5 atom stereocenters. The van der Waals surface area contributed by atoms with Crippen molar-refractivity contribution in [1.29, 1.82) is 0 Å². The van der Waals surface area contributed by atoms with Crippen molar-refractivity contribution in [3.63, 3.8) is 0 Å². The fourth-order valence-corrected chi connectivity index (χ4v) is 3.11. The molecule has 0 spiro atoms. The molecule has 0 aliphatic carbocycles. The van der Waals surface area contributed by atoms with Gasteiger partial charge in [0.2, 0.25) is 6.29 Å². The number of carbonyl (C=O) groups is 1. The van der Waals surface area contributed by atoms with Crippen molar-refractivity contribution in [2.75, 3.05) is 6.61 Å². The number of fused-ring (bicyclic) bond motifs is 1. The van der Waals surface area contributed by atoms with Crippen LogP contribution in [0.3, 0.4) is 0 Å². The van der Waals surface area contributed by atoms with Crippen LogP contribution in [0.4, 0.5) is 0 Å². The lowest BCUT2D eigenvalue weighted by Crippen LogP contribution is -2.59. The van der Waals surface area contributed by atoms with Gasteiger partial charge in [-0.2, -0.15) is 0 Å². The Morgan fingerprint density at radius 3 is 2.69 bits per heavy atom. The van der Waals surface area contributed by atoms with Crippen LogP contribution < -0.4 is 0 Å². The second-order valence-corrected chi connectivity index (χ2v) is 6.40. The zero-order chi connectivity index (χ0) is 18.7. The molecule has 8 nitrogen and oxygen atoms in total. The lowest BCUT2D eigenvalue weighted by atomic mass is 9.99. The van der Waals surface area contributed by atoms with Gasteiger partial charge in [-0.3, -0.25) is 4.79 Å². The Balaban J connectivity index is 1.51. The SMILES string of the molecule is O=C(CCCc1c[nH]c2ccccc12)O[C@@H]1OC(CO)[C@@H](O)C(O)[C@@H]1O. The Kier molecular flexibility index (Phi) is 5.90. The summed E-state index contributed by atoms with van der Waals surface area (Å²) in [6.45, 7) is -0.570. The van der Waals surface area contributed by atoms with Crippen LogP contribution in [0.1, 0.15) is 18.4 Å². The number of rotatable bonds is 6. The van der Waals surface area contributed by atoms with Gasteiger partial charge in [0.15, 0.2) is 0 Å². The third kappa shape index (κ3) is 3.89. The summed E-state index contributed by atoms with van der Waals surface area (Å²) in [6.07, 6.45) is -3.92. The van der Waals surface area contributed by atoms with Gasteiger partial charge >= 0.3 is 5.97 Å². The molecule has 2 unspecified atom stereocenters. The lowest BCUT2D eigenvalue weighted by Gasteiger charge is -2.39. The number of hydrogen-bond donors (Lipinski definition) is 5. The standard InChI is InChI=1S/C18H23NO7/c20-9-13-15(22)16(23)17(24)18(25-13)26-14(21)7-3-4-10-8-19-12-6-2-1-5-11(10)12/h1-2,5-6,8,13,15-20,22-24H,3-4,7,9H2/t13?,15-,16?,17+,18+/m1/s1. The van der Waals surface area contributed by atoms with E-state index in [1.165, 1.54) is 0 Å². The van der Waals surface area contributed by atoms with Gasteiger partial charge in [0.05, 0.1) is 6.61 Å². The van der Waals surface area contributed by atoms with Crippen LogP contribution in [0.15, 0.2) is 30.5 Å². The van der Waals surface area contributed by atoms with Crippen molar-refractivity contribution in [3.8, 4) is 0 Å². The number of benzene rings is 1. The minimum Gasteiger partial charge on any atom is -0.433 e. The van der Waals surface area contributed by atoms with Crippen molar-refractivity contribution in [2.45, 2.75) is 50.0 Å². The Labute approximate surface area is 150 Å². The molecule has 0 bridgehead atoms. The highest BCUT2D eigenvalue weighted by Gasteiger charge is 2.45. The number of esters is 1. The van der Waals surface area contributed by atoms with Crippen molar-refractivity contribution in [1.82, 2.24) is 4.98 Å². The fraction of sp³-hybridized carbons (Fsp3) is 0.500. The van der Waals surface area contributed by atoms with Gasteiger partial charge in [-0.15, -0.1) is 0 Å². The summed E-state index contributed by atoms with van der Waals surface area (Å²) < 4.78 is 10.2. The second kappa shape index (κ2) is 8.15. The summed E-state index contributed by atoms with van der Waals surface area (Å²) in [4.78, 5) is 15.2. The Hall–Kier alpha value is -1.97. The maximum Gasteiger partial charge on any atom is 0.308 e. The molecular formula is C18H23NO7. The Bertz CT molecular complexity index is 744. The van der Waals surface area contributed by atoms with Crippen LogP contribution in [0.25, 0.3) is 10.9 Å². The predicted molar refractivity (Wildman–Crippen MR) is 91.1 cm³/mol. The van der Waals surface area contributed by atoms with E-state index < -0.39 is 43.3 Å². The molecule has 26 heavy (non-hydrogen) atoms. The number of nitrogens with one attached hydrogen (secondary N) is 1. The highest BCUT2D eigenvalue weighted by atomic mass is 16.7. The molecule has 1 aromatic carbocycles. The zero-order valence-electron chi connectivity index (χ0n) is 14.1. The minimum absolute atomic E-state index is 0.106. The van der Waals surface area contributed by atoms with E-state index in [4.69, 9.17) is 14.6 Å². The number of aliphatic hydroxyl groups excluding tert-OH is 4. The van der Waals surface area contributed by atoms with E-state index in [9.17, 15) is 20.1 Å². The number of aliphatic hydroxyl groups is 4. The summed E-state index contributed by atoms with van der Waals surface area (Å²) >= 11 is 0. The summed E-state index contributed by atoms with van der Waals surface area (Å²) in [5.41, 5.74) is 2.13. The Morgan fingerprint density at radius 2 is 1.92 bits per heavy atom. The number of para-hydroxylation sites is 1. The van der Waals surface area contributed by atoms with Crippen LogP contribution in [0.2, 0.25) is 0 Å². The fourth-order valence-electron chi connectivity index (χ4n) is 3.11. The number of ether oxygens (including phenoxy) is 2. The topological polar surface area (TPSA) is 132 Å². The van der Waals surface area contributed by atoms with Gasteiger partial charge in [0, 0.05) is 23.5 Å². The molecule has 1 aliphatic heterocycles. The quantitative estimate of drug-likeness (QED) is 0.449. The van der Waals surface area contributed by atoms with Crippen LogP contribution in [-0.2, 0) is 20.7 Å². The maximum atomic E-state index is 12.0. The second-order valence-electron chi connectivity index (χ2n) is 6.40. The van der Waals surface area contributed by atoms with Crippen molar-refractivity contribution >= 4 is 16.9 Å². The van der Waals surface area contributed by atoms with E-state index in [0.29, 0.717) is 12.8 Å². The van der Waals surface area contributed by atoms with Gasteiger partial charge in [-0.25, -0.2) is 0 Å². The highest BCUT2D eigenvalue weighted by Crippen LogP contribution is 2.23. The molecule has 0 saturated carbocycles. The molecule has 1 aromatic heterocycles. The molecule has 0 amide bonds. The molecule has 142 valence electrons. The Morgan fingerprint density at radius 1 is 1.15 bits per heavy atom. The summed E-state index contributed by atoms with van der Waals surface area (Å²) in [5.74, 6) is -0.589. The molecule has 1 saturated heterocycles. The molecule has 2 heterocycles. The number of carbonyl (C=O) groups excluding carboxylic acids is 1. The van der Waals surface area contributed by atoms with E-state index in [0.717, 1.165) is 16.5 Å². The maximum absolute atomic E-state index is 12.0. The third-order valence-electron chi connectivity index (χ3n) is 4.60. The van der Waals surface area contributed by atoms with Crippen molar-refractivity contribution in [3.05, 3.63) is 36.0 Å². The van der Waals surface area contributed by atoms with E-state index in [2.05, 4.69) is 4.98 Å². The number of aromatic nitrogens is 1. The smallest absolute Gasteiger partial charge is 0.308 e. The van der Waals surface area contributed by atoms with Crippen LogP contribution in [0, 0.1) is 0 Å². The van der Waals surface area contributed by atoms with Gasteiger partial charge in [0.25, 0.3) is 0 Å². The summed E-state index contributed by atoms with van der Waals surface area (Å²) in [5, 5.41) is 39.5. The van der Waals surface area contributed by atoms with Gasteiger partial charge in [-0.05, 0) is 24.5 Å². The van der Waals surface area contributed by atoms with Crippen molar-refractivity contribution in [2.24, 2.45) is 0 Å². The van der Waals surface area contributed by atoms with Gasteiger partial charge < -0.3 is 34.9 Å². The number of aromatic amines is 1. The first kappa shape index (κ1) is 18.8. The largest absolute Gasteiger partial charge is 0.433 e. The van der Waals surface area contributed by atoms with E-state index >= 15 is 0 Å². The molecule has 1 aliphatic rings. The molecule has 8 heteroatoms. The molecule has 3 rings (SSSR count). The van der Waals surface area contributed by atoms with Gasteiger partial charge in [0.1, 0.15) is 24.4 Å². The van der Waals surface area contributed by atoms with E-state index in [1.54, 1.807) is 0 Å².